The van der Waals surface area contributed by atoms with E-state index < -0.39 is 0 Å². The number of halogens is 1. The summed E-state index contributed by atoms with van der Waals surface area (Å²) in [4.78, 5) is 28.9. The fraction of sp³-hybridized carbons (Fsp3) is 0.179. The number of benzene rings is 3. The van der Waals surface area contributed by atoms with E-state index in [1.165, 1.54) is 12.1 Å². The van der Waals surface area contributed by atoms with Crippen LogP contribution in [0.1, 0.15) is 17.5 Å². The van der Waals surface area contributed by atoms with E-state index in [4.69, 9.17) is 14.2 Å². The summed E-state index contributed by atoms with van der Waals surface area (Å²) in [6.07, 6.45) is 1.74. The number of Topliss-reactive ketones (excluding diaryl/α,β-unsaturated/α-hetero) is 2. The van der Waals surface area contributed by atoms with E-state index in [1.807, 2.05) is 6.07 Å². The summed E-state index contributed by atoms with van der Waals surface area (Å²) in [6, 6.07) is 18.2. The molecular formula is C28H24FNO5. The van der Waals surface area contributed by atoms with Gasteiger partial charge >= 0.3 is 0 Å². The molecule has 0 aliphatic carbocycles. The minimum Gasteiger partial charge on any atom is -0.493 e. The number of ether oxygens (including phenoxy) is 3. The van der Waals surface area contributed by atoms with Crippen molar-refractivity contribution in [2.45, 2.75) is 19.3 Å². The largest absolute Gasteiger partial charge is 0.493 e. The van der Waals surface area contributed by atoms with Gasteiger partial charge in [-0.25, -0.2) is 4.39 Å². The first-order valence-corrected chi connectivity index (χ1v) is 11.0. The van der Waals surface area contributed by atoms with Gasteiger partial charge in [-0.2, -0.15) is 0 Å². The summed E-state index contributed by atoms with van der Waals surface area (Å²) in [7, 11) is 3.13. The lowest BCUT2D eigenvalue weighted by molar-refractivity contribution is -0.126. The lowest BCUT2D eigenvalue weighted by Crippen LogP contribution is -2.12. The number of carbonyl (C=O) groups excluding carboxylic acids is 2. The Hall–Kier alpha value is -4.26. The standard InChI is InChI=1S/C28H24FNO5/c1-33-27-16-24-25(17-28(27)34-2)30-12-11-26(24)35-23-9-5-19(6-10-23)14-22(32)15-21(31)13-18-3-7-20(29)8-4-18/h3-12,16-17H,13-15H2,1-2H3. The molecule has 0 atom stereocenters. The van der Waals surface area contributed by atoms with Gasteiger partial charge in [0.2, 0.25) is 0 Å². The van der Waals surface area contributed by atoms with E-state index in [1.54, 1.807) is 68.9 Å². The molecular weight excluding hydrogens is 449 g/mol. The molecule has 6 nitrogen and oxygen atoms in total. The third kappa shape index (κ3) is 6.00. The maximum atomic E-state index is 13.0. The van der Waals surface area contributed by atoms with E-state index in [2.05, 4.69) is 4.98 Å². The van der Waals surface area contributed by atoms with Gasteiger partial charge in [0, 0.05) is 30.5 Å². The van der Waals surface area contributed by atoms with Crippen molar-refractivity contribution >= 4 is 22.5 Å². The van der Waals surface area contributed by atoms with Crippen molar-refractivity contribution in [2.24, 2.45) is 0 Å². The van der Waals surface area contributed by atoms with Gasteiger partial charge in [-0.05, 0) is 47.5 Å². The summed E-state index contributed by atoms with van der Waals surface area (Å²) in [5, 5.41) is 0.768. The van der Waals surface area contributed by atoms with E-state index in [0.717, 1.165) is 10.9 Å². The quantitative estimate of drug-likeness (QED) is 0.283. The third-order valence-electron chi connectivity index (χ3n) is 5.47. The highest BCUT2D eigenvalue weighted by Crippen LogP contribution is 2.36. The highest BCUT2D eigenvalue weighted by atomic mass is 19.1. The zero-order chi connectivity index (χ0) is 24.8. The normalized spacial score (nSPS) is 10.7. The first-order chi connectivity index (χ1) is 16.9. The van der Waals surface area contributed by atoms with Crippen molar-refractivity contribution in [1.82, 2.24) is 4.98 Å². The van der Waals surface area contributed by atoms with E-state index in [9.17, 15) is 14.0 Å². The summed E-state index contributed by atoms with van der Waals surface area (Å²) >= 11 is 0. The van der Waals surface area contributed by atoms with Gasteiger partial charge in [0.1, 0.15) is 28.9 Å². The molecule has 0 bridgehead atoms. The van der Waals surface area contributed by atoms with E-state index in [-0.39, 0.29) is 36.6 Å². The van der Waals surface area contributed by atoms with Gasteiger partial charge in [0.15, 0.2) is 11.5 Å². The Morgan fingerprint density at radius 1 is 0.771 bits per heavy atom. The average Bonchev–Trinajstić information content (AvgIpc) is 2.85. The lowest BCUT2D eigenvalue weighted by Gasteiger charge is -2.12. The van der Waals surface area contributed by atoms with Gasteiger partial charge in [0.05, 0.1) is 26.2 Å². The molecule has 0 saturated heterocycles. The number of ketones is 2. The van der Waals surface area contributed by atoms with Crippen molar-refractivity contribution in [1.29, 1.82) is 0 Å². The second-order valence-electron chi connectivity index (χ2n) is 8.01. The number of aromatic nitrogens is 1. The molecule has 1 heterocycles. The summed E-state index contributed by atoms with van der Waals surface area (Å²) in [5.74, 6) is 1.62. The van der Waals surface area contributed by atoms with Gasteiger partial charge < -0.3 is 14.2 Å². The monoisotopic (exact) mass is 473 g/mol. The fourth-order valence-electron chi connectivity index (χ4n) is 3.74. The van der Waals surface area contributed by atoms with Crippen LogP contribution in [-0.4, -0.2) is 30.8 Å². The zero-order valence-electron chi connectivity index (χ0n) is 19.4. The van der Waals surface area contributed by atoms with Gasteiger partial charge in [-0.15, -0.1) is 0 Å². The van der Waals surface area contributed by atoms with Crippen molar-refractivity contribution in [3.05, 3.63) is 89.9 Å². The molecule has 1 aromatic heterocycles. The minimum absolute atomic E-state index is 0.106. The molecule has 0 saturated carbocycles. The number of pyridine rings is 1. The fourth-order valence-corrected chi connectivity index (χ4v) is 3.74. The number of fused-ring (bicyclic) bond motifs is 1. The molecule has 0 unspecified atom stereocenters. The molecule has 0 radical (unpaired) electrons. The summed E-state index contributed by atoms with van der Waals surface area (Å²) in [6.45, 7) is 0. The number of rotatable bonds is 10. The van der Waals surface area contributed by atoms with Crippen LogP contribution in [-0.2, 0) is 22.4 Å². The van der Waals surface area contributed by atoms with Crippen LogP contribution in [0, 0.1) is 5.82 Å². The van der Waals surface area contributed by atoms with Crippen LogP contribution in [0.2, 0.25) is 0 Å². The van der Waals surface area contributed by atoms with Crippen molar-refractivity contribution in [2.75, 3.05) is 14.2 Å². The Morgan fingerprint density at radius 2 is 1.34 bits per heavy atom. The van der Waals surface area contributed by atoms with Crippen LogP contribution in [0.4, 0.5) is 4.39 Å². The zero-order valence-corrected chi connectivity index (χ0v) is 19.4. The Balaban J connectivity index is 1.39. The lowest BCUT2D eigenvalue weighted by atomic mass is 10.0. The number of hydrogen-bond acceptors (Lipinski definition) is 6. The number of hydrogen-bond donors (Lipinski definition) is 0. The molecule has 4 aromatic rings. The molecule has 0 aliphatic rings. The number of nitrogens with zero attached hydrogens (tertiary/aromatic N) is 1. The first kappa shape index (κ1) is 23.9. The third-order valence-corrected chi connectivity index (χ3v) is 5.47. The highest BCUT2D eigenvalue weighted by molar-refractivity contribution is 6.00. The predicted molar refractivity (Wildman–Crippen MR) is 130 cm³/mol. The van der Waals surface area contributed by atoms with Crippen LogP contribution in [0.3, 0.4) is 0 Å². The first-order valence-electron chi connectivity index (χ1n) is 11.0. The number of methoxy groups -OCH3 is 2. The van der Waals surface area contributed by atoms with Gasteiger partial charge in [-0.1, -0.05) is 24.3 Å². The smallest absolute Gasteiger partial charge is 0.162 e. The average molecular weight is 474 g/mol. The molecule has 3 aromatic carbocycles. The molecule has 7 heteroatoms. The van der Waals surface area contributed by atoms with Crippen LogP contribution >= 0.6 is 0 Å². The van der Waals surface area contributed by atoms with Crippen LogP contribution < -0.4 is 14.2 Å². The maximum Gasteiger partial charge on any atom is 0.162 e. The molecule has 35 heavy (non-hydrogen) atoms. The second-order valence-corrected chi connectivity index (χ2v) is 8.01. The number of carbonyl (C=O) groups is 2. The molecule has 0 fully saturated rings. The van der Waals surface area contributed by atoms with Crippen LogP contribution in [0.25, 0.3) is 10.9 Å². The van der Waals surface area contributed by atoms with Crippen molar-refractivity contribution in [3.63, 3.8) is 0 Å². The molecule has 178 valence electrons. The van der Waals surface area contributed by atoms with Crippen molar-refractivity contribution < 1.29 is 28.2 Å². The van der Waals surface area contributed by atoms with Gasteiger partial charge in [0.25, 0.3) is 0 Å². The minimum atomic E-state index is -0.359. The topological polar surface area (TPSA) is 74.7 Å². The Labute approximate surface area is 202 Å². The van der Waals surface area contributed by atoms with Crippen molar-refractivity contribution in [3.8, 4) is 23.0 Å². The van der Waals surface area contributed by atoms with Crippen LogP contribution in [0.15, 0.2) is 72.9 Å². The molecule has 0 N–H and O–H groups in total. The Kier molecular flexibility index (Phi) is 7.35. The Morgan fingerprint density at radius 3 is 1.94 bits per heavy atom. The van der Waals surface area contributed by atoms with E-state index in [0.29, 0.717) is 34.1 Å². The predicted octanol–water partition coefficient (Wildman–Crippen LogP) is 5.50. The highest BCUT2D eigenvalue weighted by Gasteiger charge is 2.13. The molecule has 0 amide bonds. The Bertz CT molecular complexity index is 1350. The summed E-state index contributed by atoms with van der Waals surface area (Å²) in [5.41, 5.74) is 2.17. The SMILES string of the molecule is COc1cc2nccc(Oc3ccc(CC(=O)CC(=O)Cc4ccc(F)cc4)cc3)c2cc1OC. The second kappa shape index (κ2) is 10.8. The van der Waals surface area contributed by atoms with Crippen LogP contribution in [0.5, 0.6) is 23.0 Å². The summed E-state index contributed by atoms with van der Waals surface area (Å²) < 4.78 is 29.8. The van der Waals surface area contributed by atoms with Gasteiger partial charge in [-0.3, -0.25) is 14.6 Å². The molecule has 0 aliphatic heterocycles. The maximum absolute atomic E-state index is 13.0. The van der Waals surface area contributed by atoms with E-state index >= 15 is 0 Å². The molecule has 0 spiro atoms. The molecule has 4 rings (SSSR count).